The molecule has 0 radical (unpaired) electrons. The lowest BCUT2D eigenvalue weighted by Gasteiger charge is -2.11. The van der Waals surface area contributed by atoms with Crippen molar-refractivity contribution < 1.29 is 9.53 Å². The van der Waals surface area contributed by atoms with E-state index in [4.69, 9.17) is 4.74 Å². The number of benzene rings is 2. The molecule has 5 rings (SSSR count). The molecule has 0 bridgehead atoms. The van der Waals surface area contributed by atoms with Crippen molar-refractivity contribution in [3.63, 3.8) is 0 Å². The summed E-state index contributed by atoms with van der Waals surface area (Å²) in [7, 11) is 1.58. The average molecular weight is 536 g/mol. The number of H-pyrrole nitrogens is 2. The highest BCUT2D eigenvalue weighted by Gasteiger charge is 2.18. The highest BCUT2D eigenvalue weighted by molar-refractivity contribution is 7.99. The summed E-state index contributed by atoms with van der Waals surface area (Å²) in [4.78, 5) is 45.4. The molecule has 1 amide bonds. The second-order valence-electron chi connectivity index (χ2n) is 8.05. The molecule has 0 aliphatic carbocycles. The molecule has 0 aliphatic rings. The Bertz CT molecular complexity index is 1670. The molecular formula is C24H21N7O4S2. The Hall–Kier alpha value is -4.23. The minimum Gasteiger partial charge on any atom is -0.497 e. The molecular weight excluding hydrogens is 514 g/mol. The monoisotopic (exact) mass is 535 g/mol. The number of ether oxygens (including phenoxy) is 1. The number of aromatic amines is 2. The van der Waals surface area contributed by atoms with E-state index in [0.717, 1.165) is 21.5 Å². The van der Waals surface area contributed by atoms with Crippen molar-refractivity contribution >= 4 is 44.4 Å². The van der Waals surface area contributed by atoms with E-state index in [1.54, 1.807) is 23.8 Å². The van der Waals surface area contributed by atoms with Crippen LogP contribution in [0.5, 0.6) is 5.75 Å². The first-order chi connectivity index (χ1) is 17.9. The first-order valence-electron chi connectivity index (χ1n) is 11.1. The normalized spacial score (nSPS) is 11.1. The molecule has 0 spiro atoms. The van der Waals surface area contributed by atoms with Gasteiger partial charge in [-0.15, -0.1) is 10.2 Å². The summed E-state index contributed by atoms with van der Waals surface area (Å²) in [5.41, 5.74) is 1.97. The van der Waals surface area contributed by atoms with Gasteiger partial charge in [-0.25, -0.2) is 9.78 Å². The number of anilines is 1. The lowest BCUT2D eigenvalue weighted by Crippen LogP contribution is -2.23. The summed E-state index contributed by atoms with van der Waals surface area (Å²) >= 11 is 2.63. The molecule has 3 aromatic heterocycles. The fraction of sp³-hybridized carbons (Fsp3) is 0.167. The smallest absolute Gasteiger partial charge is 0.325 e. The number of methoxy groups -OCH3 is 1. The van der Waals surface area contributed by atoms with Gasteiger partial charge in [0.15, 0.2) is 10.3 Å². The van der Waals surface area contributed by atoms with Crippen LogP contribution in [-0.4, -0.2) is 48.5 Å². The summed E-state index contributed by atoms with van der Waals surface area (Å²) in [6.45, 7) is 2.01. The molecule has 0 fully saturated rings. The number of hydrogen-bond donors (Lipinski definition) is 3. The Morgan fingerprint density at radius 1 is 1.11 bits per heavy atom. The predicted octanol–water partition coefficient (Wildman–Crippen LogP) is 2.89. The third-order valence-corrected chi connectivity index (χ3v) is 7.18. The van der Waals surface area contributed by atoms with Crippen LogP contribution >= 0.6 is 23.1 Å². The molecule has 0 unspecified atom stereocenters. The lowest BCUT2D eigenvalue weighted by molar-refractivity contribution is -0.113. The molecule has 188 valence electrons. The number of amides is 1. The summed E-state index contributed by atoms with van der Waals surface area (Å²) in [6.07, 6.45) is 0.149. The second kappa shape index (κ2) is 10.4. The number of aryl methyl sites for hydroxylation is 1. The molecule has 37 heavy (non-hydrogen) atoms. The third kappa shape index (κ3) is 5.62. The Labute approximate surface area is 218 Å². The van der Waals surface area contributed by atoms with Gasteiger partial charge < -0.3 is 15.0 Å². The fourth-order valence-corrected chi connectivity index (χ4v) is 5.41. The van der Waals surface area contributed by atoms with Crippen LogP contribution in [0.4, 0.5) is 5.13 Å². The Morgan fingerprint density at radius 2 is 1.92 bits per heavy atom. The van der Waals surface area contributed by atoms with E-state index in [2.05, 4.69) is 30.5 Å². The fourth-order valence-electron chi connectivity index (χ4n) is 3.65. The van der Waals surface area contributed by atoms with E-state index in [1.807, 2.05) is 37.3 Å². The lowest BCUT2D eigenvalue weighted by atomic mass is 10.2. The Balaban J connectivity index is 1.38. The zero-order chi connectivity index (χ0) is 25.9. The predicted molar refractivity (Wildman–Crippen MR) is 142 cm³/mol. The van der Waals surface area contributed by atoms with Gasteiger partial charge in [0.1, 0.15) is 11.6 Å². The zero-order valence-electron chi connectivity index (χ0n) is 19.8. The van der Waals surface area contributed by atoms with Crippen molar-refractivity contribution in [2.24, 2.45) is 0 Å². The van der Waals surface area contributed by atoms with Crippen molar-refractivity contribution in [1.82, 2.24) is 29.7 Å². The summed E-state index contributed by atoms with van der Waals surface area (Å²) in [5, 5.41) is 12.4. The number of hydrogen-bond acceptors (Lipinski definition) is 9. The molecule has 0 saturated heterocycles. The van der Waals surface area contributed by atoms with Crippen molar-refractivity contribution in [2.45, 2.75) is 18.5 Å². The first-order valence-corrected chi connectivity index (χ1v) is 12.9. The number of aromatic nitrogens is 6. The van der Waals surface area contributed by atoms with Gasteiger partial charge in [-0.2, -0.15) is 0 Å². The molecule has 13 heteroatoms. The van der Waals surface area contributed by atoms with E-state index >= 15 is 0 Å². The maximum atomic E-state index is 12.7. The van der Waals surface area contributed by atoms with E-state index < -0.39 is 11.2 Å². The van der Waals surface area contributed by atoms with Gasteiger partial charge in [0.2, 0.25) is 5.91 Å². The van der Waals surface area contributed by atoms with E-state index in [0.29, 0.717) is 27.6 Å². The largest absolute Gasteiger partial charge is 0.497 e. The van der Waals surface area contributed by atoms with Crippen LogP contribution in [0, 0.1) is 6.92 Å². The summed E-state index contributed by atoms with van der Waals surface area (Å²) in [6, 6.07) is 14.5. The van der Waals surface area contributed by atoms with E-state index in [1.165, 1.54) is 29.2 Å². The van der Waals surface area contributed by atoms with Gasteiger partial charge in [-0.3, -0.25) is 19.1 Å². The van der Waals surface area contributed by atoms with Crippen molar-refractivity contribution in [2.75, 3.05) is 18.2 Å². The molecule has 11 nitrogen and oxygen atoms in total. The van der Waals surface area contributed by atoms with Crippen LogP contribution in [0.1, 0.15) is 17.1 Å². The summed E-state index contributed by atoms with van der Waals surface area (Å²) < 4.78 is 8.03. The molecule has 0 saturated carbocycles. The quantitative estimate of drug-likeness (QED) is 0.257. The van der Waals surface area contributed by atoms with Gasteiger partial charge in [0.25, 0.3) is 5.56 Å². The number of nitrogens with zero attached hydrogens (tertiary/aromatic N) is 4. The zero-order valence-corrected chi connectivity index (χ0v) is 21.4. The molecule has 0 atom stereocenters. The maximum absolute atomic E-state index is 12.7. The molecule has 3 N–H and O–H groups in total. The van der Waals surface area contributed by atoms with Crippen molar-refractivity contribution in [1.29, 1.82) is 0 Å². The van der Waals surface area contributed by atoms with Gasteiger partial charge in [0, 0.05) is 23.9 Å². The van der Waals surface area contributed by atoms with Crippen molar-refractivity contribution in [3.8, 4) is 11.4 Å². The van der Waals surface area contributed by atoms with Crippen LogP contribution in [0.15, 0.2) is 63.3 Å². The molecule has 3 heterocycles. The SMILES string of the molecule is COc1ccc(-n2c(Cc3cc(=O)[nH]c(=O)[nH]3)nnc2SCC(=O)Nc2nc3ccc(C)cc3s2)cc1. The van der Waals surface area contributed by atoms with Crippen LogP contribution < -0.4 is 21.3 Å². The van der Waals surface area contributed by atoms with Gasteiger partial charge in [-0.05, 0) is 48.9 Å². The number of fused-ring (bicyclic) bond motifs is 1. The van der Waals surface area contributed by atoms with Gasteiger partial charge >= 0.3 is 5.69 Å². The minimum atomic E-state index is -0.603. The Kier molecular flexibility index (Phi) is 6.88. The number of carbonyl (C=O) groups is 1. The molecule has 0 aliphatic heterocycles. The van der Waals surface area contributed by atoms with Crippen LogP contribution in [-0.2, 0) is 11.2 Å². The van der Waals surface area contributed by atoms with Crippen LogP contribution in [0.25, 0.3) is 15.9 Å². The second-order valence-corrected chi connectivity index (χ2v) is 10.0. The number of carbonyl (C=O) groups excluding carboxylic acids is 1. The topological polar surface area (TPSA) is 148 Å². The van der Waals surface area contributed by atoms with Crippen molar-refractivity contribution in [3.05, 3.63) is 86.5 Å². The minimum absolute atomic E-state index is 0.0745. The van der Waals surface area contributed by atoms with Crippen LogP contribution in [0.2, 0.25) is 0 Å². The number of thioether (sulfide) groups is 1. The standard InChI is InChI=1S/C24H21N7O4S2/c1-13-3-8-17-18(9-13)37-23(26-17)28-21(33)12-36-24-30-29-19(10-14-11-20(32)27-22(34)25-14)31(24)15-4-6-16(35-2)7-5-15/h3-9,11H,10,12H2,1-2H3,(H,26,28,33)(H2,25,27,32,34). The number of rotatable bonds is 8. The third-order valence-electron chi connectivity index (χ3n) is 5.32. The maximum Gasteiger partial charge on any atom is 0.325 e. The molecule has 5 aromatic rings. The van der Waals surface area contributed by atoms with Gasteiger partial charge in [0.05, 0.1) is 23.1 Å². The molecule has 2 aromatic carbocycles. The first kappa shape index (κ1) is 24.5. The van der Waals surface area contributed by atoms with E-state index in [9.17, 15) is 14.4 Å². The summed E-state index contributed by atoms with van der Waals surface area (Å²) in [5.74, 6) is 1.00. The van der Waals surface area contributed by atoms with Gasteiger partial charge in [-0.1, -0.05) is 29.2 Å². The average Bonchev–Trinajstić information content (AvgIpc) is 3.45. The highest BCUT2D eigenvalue weighted by Crippen LogP contribution is 2.28. The van der Waals surface area contributed by atoms with E-state index in [-0.39, 0.29) is 18.1 Å². The number of nitrogens with one attached hydrogen (secondary N) is 3. The van der Waals surface area contributed by atoms with Crippen LogP contribution in [0.3, 0.4) is 0 Å². The number of thiazole rings is 1. The highest BCUT2D eigenvalue weighted by atomic mass is 32.2. The Morgan fingerprint density at radius 3 is 2.68 bits per heavy atom.